The number of fused-ring (bicyclic) bond motifs is 1. The van der Waals surface area contributed by atoms with Crippen LogP contribution in [0.15, 0.2) is 66.8 Å². The van der Waals surface area contributed by atoms with Crippen molar-refractivity contribution in [3.05, 3.63) is 89.0 Å². The summed E-state index contributed by atoms with van der Waals surface area (Å²) in [5, 5.41) is 0. The first-order valence-electron chi connectivity index (χ1n) is 7.74. The average Bonchev–Trinajstić information content (AvgIpc) is 3.16. The third-order valence-electron chi connectivity index (χ3n) is 4.68. The molecule has 1 unspecified atom stereocenters. The fourth-order valence-corrected chi connectivity index (χ4v) is 5.89. The second-order valence-electron chi connectivity index (χ2n) is 5.93. The van der Waals surface area contributed by atoms with Gasteiger partial charge in [0.2, 0.25) is 0 Å². The second kappa shape index (κ2) is 7.99. The summed E-state index contributed by atoms with van der Waals surface area (Å²) in [4.78, 5) is 0. The minimum Gasteiger partial charge on any atom is -1.00 e. The molecule has 0 heterocycles. The van der Waals surface area contributed by atoms with Gasteiger partial charge in [-0.3, -0.25) is 0 Å². The van der Waals surface area contributed by atoms with Gasteiger partial charge in [-0.1, -0.05) is 0 Å². The molecule has 24 heavy (non-hydrogen) atoms. The molecule has 0 aromatic heterocycles. The quantitative estimate of drug-likeness (QED) is 0.474. The number of hydrogen-bond acceptors (Lipinski definition) is 0. The summed E-state index contributed by atoms with van der Waals surface area (Å²) in [5.74, 6) is 0. The van der Waals surface area contributed by atoms with Crippen LogP contribution in [0.5, 0.6) is 0 Å². The van der Waals surface area contributed by atoms with Gasteiger partial charge in [-0.15, -0.1) is 0 Å². The normalized spacial score (nSPS) is 18.0. The van der Waals surface area contributed by atoms with Gasteiger partial charge in [0.15, 0.2) is 0 Å². The van der Waals surface area contributed by atoms with Crippen molar-refractivity contribution in [2.75, 3.05) is 0 Å². The number of allylic oxidation sites excluding steroid dienone is 6. The van der Waals surface area contributed by atoms with E-state index in [1.807, 2.05) is 0 Å². The first kappa shape index (κ1) is 19.4. The Labute approximate surface area is 171 Å². The Morgan fingerprint density at radius 1 is 0.958 bits per heavy atom. The molecule has 0 bridgehead atoms. The Morgan fingerprint density at radius 2 is 1.71 bits per heavy atom. The van der Waals surface area contributed by atoms with Gasteiger partial charge in [-0.2, -0.15) is 0 Å². The molecule has 2 aromatic rings. The number of rotatable bonds is 2. The molecule has 2 aromatic carbocycles. The smallest absolute Gasteiger partial charge is 1.00 e. The Morgan fingerprint density at radius 3 is 2.38 bits per heavy atom. The second-order valence-corrected chi connectivity index (χ2v) is 8.01. The SMILES string of the molecule is CC1=C(c2ccccc2)[CH]([Hf+2])c2cccc(C3=CC=CC3)c21.[Cl-].[Cl-]. The molecule has 0 amide bonds. The van der Waals surface area contributed by atoms with Gasteiger partial charge in [-0.25, -0.2) is 0 Å². The van der Waals surface area contributed by atoms with Crippen LogP contribution >= 0.6 is 0 Å². The van der Waals surface area contributed by atoms with Crippen LogP contribution in [0.1, 0.15) is 39.3 Å². The van der Waals surface area contributed by atoms with E-state index in [2.05, 4.69) is 73.7 Å². The monoisotopic (exact) mass is 519 g/mol. The van der Waals surface area contributed by atoms with Crippen LogP contribution in [0.4, 0.5) is 0 Å². The van der Waals surface area contributed by atoms with Gasteiger partial charge in [0, 0.05) is 0 Å². The van der Waals surface area contributed by atoms with E-state index in [-0.39, 0.29) is 24.8 Å². The summed E-state index contributed by atoms with van der Waals surface area (Å²) in [5.41, 5.74) is 10.3. The zero-order valence-electron chi connectivity index (χ0n) is 13.4. The van der Waals surface area contributed by atoms with E-state index in [1.54, 1.807) is 5.57 Å². The van der Waals surface area contributed by atoms with E-state index in [0.717, 1.165) is 30.8 Å². The fourth-order valence-electron chi connectivity index (χ4n) is 3.65. The zero-order chi connectivity index (χ0) is 15.1. The number of benzene rings is 2. The van der Waals surface area contributed by atoms with E-state index in [4.69, 9.17) is 0 Å². The third-order valence-corrected chi connectivity index (χ3v) is 6.83. The van der Waals surface area contributed by atoms with Gasteiger partial charge in [0.05, 0.1) is 0 Å². The maximum Gasteiger partial charge on any atom is -1.00 e. The van der Waals surface area contributed by atoms with Crippen LogP contribution < -0.4 is 24.8 Å². The molecule has 2 aliphatic carbocycles. The van der Waals surface area contributed by atoms with Crippen molar-refractivity contribution in [1.82, 2.24) is 0 Å². The van der Waals surface area contributed by atoms with Gasteiger partial charge in [0.25, 0.3) is 0 Å². The molecule has 0 spiro atoms. The number of halogens is 2. The third kappa shape index (κ3) is 3.14. The zero-order valence-corrected chi connectivity index (χ0v) is 18.5. The summed E-state index contributed by atoms with van der Waals surface area (Å²) in [6, 6.07) is 17.8. The topological polar surface area (TPSA) is 0 Å². The van der Waals surface area contributed by atoms with Gasteiger partial charge < -0.3 is 24.8 Å². The molecular weight excluding hydrogens is 502 g/mol. The molecule has 0 saturated heterocycles. The maximum atomic E-state index is 2.33. The van der Waals surface area contributed by atoms with Crippen molar-refractivity contribution in [3.8, 4) is 0 Å². The van der Waals surface area contributed by atoms with E-state index >= 15 is 0 Å². The predicted octanol–water partition coefficient (Wildman–Crippen LogP) is -0.430. The molecule has 4 rings (SSSR count). The molecular formula is C21H17Cl2Hf. The van der Waals surface area contributed by atoms with Crippen LogP contribution in [0.2, 0.25) is 0 Å². The average molecular weight is 519 g/mol. The van der Waals surface area contributed by atoms with Gasteiger partial charge in [0.1, 0.15) is 0 Å². The minimum absolute atomic E-state index is 0. The minimum atomic E-state index is 0. The first-order valence-corrected chi connectivity index (χ1v) is 9.81. The predicted molar refractivity (Wildman–Crippen MR) is 89.8 cm³/mol. The molecule has 1 atom stereocenters. The van der Waals surface area contributed by atoms with Crippen molar-refractivity contribution < 1.29 is 49.2 Å². The molecule has 0 radical (unpaired) electrons. The van der Waals surface area contributed by atoms with Crippen LogP contribution in [0, 0.1) is 0 Å². The molecule has 0 saturated carbocycles. The Hall–Kier alpha value is -0.890. The van der Waals surface area contributed by atoms with Gasteiger partial charge >= 0.3 is 147 Å². The molecule has 3 heteroatoms. The Bertz CT molecular complexity index is 832. The van der Waals surface area contributed by atoms with Crippen LogP contribution in [0.3, 0.4) is 0 Å². The Kier molecular flexibility index (Phi) is 6.47. The summed E-state index contributed by atoms with van der Waals surface area (Å²) in [6.45, 7) is 2.31. The van der Waals surface area contributed by atoms with Gasteiger partial charge in [-0.05, 0) is 0 Å². The van der Waals surface area contributed by atoms with Crippen LogP contribution in [-0.4, -0.2) is 0 Å². The van der Waals surface area contributed by atoms with Crippen molar-refractivity contribution >= 4 is 16.7 Å². The van der Waals surface area contributed by atoms with Crippen molar-refractivity contribution in [1.29, 1.82) is 0 Å². The number of hydrogen-bond donors (Lipinski definition) is 0. The van der Waals surface area contributed by atoms with E-state index < -0.39 is 0 Å². The molecule has 0 fully saturated rings. The summed E-state index contributed by atoms with van der Waals surface area (Å²) >= 11 is 1.16. The van der Waals surface area contributed by atoms with Crippen molar-refractivity contribution in [3.63, 3.8) is 0 Å². The maximum absolute atomic E-state index is 2.33. The van der Waals surface area contributed by atoms with Crippen molar-refractivity contribution in [2.24, 2.45) is 0 Å². The summed E-state index contributed by atoms with van der Waals surface area (Å²) in [6.07, 6.45) is 7.76. The van der Waals surface area contributed by atoms with Crippen LogP contribution in [0.25, 0.3) is 16.7 Å². The molecule has 119 valence electrons. The standard InChI is InChI=1S/C21H17.2ClH.Hf/c1-15-20(17-8-3-2-4-9-17)14-18-12-7-13-19(21(15)18)16-10-5-6-11-16;;;/h2-10,12-14H,11H2,1H3;2*1H;/q;;;+2/p-2. The molecule has 0 nitrogen and oxygen atoms in total. The molecule has 0 aliphatic heterocycles. The Balaban J connectivity index is 0.00000104. The van der Waals surface area contributed by atoms with Crippen molar-refractivity contribution in [2.45, 2.75) is 17.0 Å². The fraction of sp³-hybridized carbons (Fsp3) is 0.143. The molecule has 0 N–H and O–H groups in total. The van der Waals surface area contributed by atoms with E-state index in [9.17, 15) is 0 Å². The van der Waals surface area contributed by atoms with Crippen LogP contribution in [-0.2, 0) is 24.4 Å². The largest absolute Gasteiger partial charge is 1.00 e. The molecule has 2 aliphatic rings. The van der Waals surface area contributed by atoms with E-state index in [1.165, 1.54) is 33.4 Å². The first-order chi connectivity index (χ1) is 10.8. The summed E-state index contributed by atoms with van der Waals surface area (Å²) < 4.78 is 0.604. The summed E-state index contributed by atoms with van der Waals surface area (Å²) in [7, 11) is 0. The van der Waals surface area contributed by atoms with E-state index in [0.29, 0.717) is 3.67 Å².